The Bertz CT molecular complexity index is 617. The molecule has 0 radical (unpaired) electrons. The number of hydrogen-bond donors (Lipinski definition) is 2. The van der Waals surface area contributed by atoms with E-state index in [0.717, 1.165) is 5.56 Å². The minimum atomic E-state index is -0.333. The molecule has 0 saturated heterocycles. The summed E-state index contributed by atoms with van der Waals surface area (Å²) in [5.74, 6) is 0.988. The highest BCUT2D eigenvalue weighted by Gasteiger charge is 2.19. The van der Waals surface area contributed by atoms with Gasteiger partial charge in [-0.05, 0) is 24.3 Å². The Labute approximate surface area is 105 Å². The molecule has 0 fully saturated rings. The van der Waals surface area contributed by atoms with Crippen molar-refractivity contribution in [3.05, 3.63) is 59.7 Å². The van der Waals surface area contributed by atoms with Gasteiger partial charge in [-0.15, -0.1) is 0 Å². The smallest absolute Gasteiger partial charge is 0.146 e. The minimum Gasteiger partial charge on any atom is -0.508 e. The van der Waals surface area contributed by atoms with E-state index in [9.17, 15) is 10.2 Å². The monoisotopic (exact) mass is 240 g/mol. The first-order valence-electron chi connectivity index (χ1n) is 5.70. The summed E-state index contributed by atoms with van der Waals surface area (Å²) in [4.78, 5) is 0. The highest BCUT2D eigenvalue weighted by molar-refractivity contribution is 5.62. The third-order valence-corrected chi connectivity index (χ3v) is 2.94. The van der Waals surface area contributed by atoms with E-state index in [2.05, 4.69) is 0 Å². The number of phenols is 2. The van der Waals surface area contributed by atoms with Crippen LogP contribution in [-0.2, 0) is 0 Å². The standard InChI is InChI=1S/C15H12O3/c16-11-7-5-10-6-8-14(18-15(10)9-11)12-3-1-2-4-13(12)17/h1-9,14,16-17H. The van der Waals surface area contributed by atoms with Crippen molar-refractivity contribution in [1.82, 2.24) is 0 Å². The Morgan fingerprint density at radius 3 is 2.67 bits per heavy atom. The molecule has 1 aliphatic rings. The molecule has 0 saturated carbocycles. The van der Waals surface area contributed by atoms with Crippen LogP contribution in [0.2, 0.25) is 0 Å². The van der Waals surface area contributed by atoms with E-state index < -0.39 is 0 Å². The first kappa shape index (κ1) is 10.7. The van der Waals surface area contributed by atoms with E-state index in [1.54, 1.807) is 30.3 Å². The van der Waals surface area contributed by atoms with Crippen molar-refractivity contribution in [2.75, 3.05) is 0 Å². The number of hydrogen-bond acceptors (Lipinski definition) is 3. The quantitative estimate of drug-likeness (QED) is 0.804. The van der Waals surface area contributed by atoms with Crippen LogP contribution in [0.5, 0.6) is 17.2 Å². The fourth-order valence-corrected chi connectivity index (χ4v) is 2.03. The zero-order chi connectivity index (χ0) is 12.5. The van der Waals surface area contributed by atoms with Gasteiger partial charge in [-0.25, -0.2) is 0 Å². The molecule has 0 bridgehead atoms. The van der Waals surface area contributed by atoms with Crippen LogP contribution in [0.1, 0.15) is 17.2 Å². The molecule has 0 spiro atoms. The van der Waals surface area contributed by atoms with Crippen molar-refractivity contribution in [2.24, 2.45) is 0 Å². The van der Waals surface area contributed by atoms with E-state index in [1.807, 2.05) is 24.3 Å². The Hall–Kier alpha value is -2.42. The average Bonchev–Trinajstić information content (AvgIpc) is 2.38. The van der Waals surface area contributed by atoms with Gasteiger partial charge in [-0.2, -0.15) is 0 Å². The summed E-state index contributed by atoms with van der Waals surface area (Å²) < 4.78 is 5.77. The zero-order valence-electron chi connectivity index (χ0n) is 9.58. The van der Waals surface area contributed by atoms with Crippen molar-refractivity contribution in [1.29, 1.82) is 0 Å². The van der Waals surface area contributed by atoms with Crippen molar-refractivity contribution in [3.63, 3.8) is 0 Å². The molecule has 0 aromatic heterocycles. The van der Waals surface area contributed by atoms with E-state index in [4.69, 9.17) is 4.74 Å². The predicted octanol–water partition coefficient (Wildman–Crippen LogP) is 3.24. The SMILES string of the molecule is Oc1ccc2c(c1)OC(c1ccccc1O)C=C2. The minimum absolute atomic E-state index is 0.167. The molecule has 2 N–H and O–H groups in total. The van der Waals surface area contributed by atoms with Gasteiger partial charge in [0.1, 0.15) is 23.4 Å². The lowest BCUT2D eigenvalue weighted by molar-refractivity contribution is 0.245. The summed E-state index contributed by atoms with van der Waals surface area (Å²) in [6, 6.07) is 12.1. The lowest BCUT2D eigenvalue weighted by Crippen LogP contribution is -2.08. The Morgan fingerprint density at radius 1 is 1.00 bits per heavy atom. The van der Waals surface area contributed by atoms with Crippen LogP contribution < -0.4 is 4.74 Å². The maximum atomic E-state index is 9.80. The Kier molecular flexibility index (Phi) is 2.45. The van der Waals surface area contributed by atoms with Gasteiger partial charge in [-0.3, -0.25) is 0 Å². The zero-order valence-corrected chi connectivity index (χ0v) is 9.58. The summed E-state index contributed by atoms with van der Waals surface area (Å²) >= 11 is 0. The first-order valence-corrected chi connectivity index (χ1v) is 5.70. The predicted molar refractivity (Wildman–Crippen MR) is 68.6 cm³/mol. The van der Waals surface area contributed by atoms with Crippen LogP contribution in [0.4, 0.5) is 0 Å². The molecular weight excluding hydrogens is 228 g/mol. The molecule has 3 nitrogen and oxygen atoms in total. The van der Waals surface area contributed by atoms with Gasteiger partial charge in [-0.1, -0.05) is 24.3 Å². The molecule has 3 heteroatoms. The van der Waals surface area contributed by atoms with Gasteiger partial charge in [0.2, 0.25) is 0 Å². The summed E-state index contributed by atoms with van der Waals surface area (Å²) in [7, 11) is 0. The van der Waals surface area contributed by atoms with Crippen molar-refractivity contribution < 1.29 is 14.9 Å². The van der Waals surface area contributed by atoms with Crippen molar-refractivity contribution >= 4 is 6.08 Å². The van der Waals surface area contributed by atoms with Crippen molar-refractivity contribution in [3.8, 4) is 17.2 Å². The van der Waals surface area contributed by atoms with E-state index in [1.165, 1.54) is 0 Å². The number of aromatic hydroxyl groups is 2. The van der Waals surface area contributed by atoms with Gasteiger partial charge in [0.25, 0.3) is 0 Å². The molecule has 1 atom stereocenters. The van der Waals surface area contributed by atoms with E-state index in [0.29, 0.717) is 11.3 Å². The Balaban J connectivity index is 1.98. The topological polar surface area (TPSA) is 49.7 Å². The maximum absolute atomic E-state index is 9.80. The fourth-order valence-electron chi connectivity index (χ4n) is 2.03. The van der Waals surface area contributed by atoms with Crippen LogP contribution in [0, 0.1) is 0 Å². The number of rotatable bonds is 1. The molecule has 0 amide bonds. The van der Waals surface area contributed by atoms with Gasteiger partial charge in [0, 0.05) is 17.2 Å². The second kappa shape index (κ2) is 4.11. The molecule has 1 aliphatic heterocycles. The maximum Gasteiger partial charge on any atom is 0.146 e. The van der Waals surface area contributed by atoms with Crippen LogP contribution in [0.25, 0.3) is 6.08 Å². The van der Waals surface area contributed by atoms with Gasteiger partial charge < -0.3 is 14.9 Å². The molecule has 1 heterocycles. The van der Waals surface area contributed by atoms with E-state index in [-0.39, 0.29) is 17.6 Å². The summed E-state index contributed by atoms with van der Waals surface area (Å²) in [6.07, 6.45) is 3.48. The number of phenolic OH excluding ortho intramolecular Hbond substituents is 2. The van der Waals surface area contributed by atoms with Crippen molar-refractivity contribution in [2.45, 2.75) is 6.10 Å². The largest absolute Gasteiger partial charge is 0.508 e. The summed E-state index contributed by atoms with van der Waals surface area (Å²) in [6.45, 7) is 0. The van der Waals surface area contributed by atoms with Crippen LogP contribution in [0.15, 0.2) is 48.5 Å². The second-order valence-corrected chi connectivity index (χ2v) is 4.18. The molecule has 3 rings (SSSR count). The summed E-state index contributed by atoms with van der Waals surface area (Å²) in [5.41, 5.74) is 1.63. The third-order valence-electron chi connectivity index (χ3n) is 2.94. The summed E-state index contributed by atoms with van der Waals surface area (Å²) in [5, 5.41) is 19.2. The van der Waals surface area contributed by atoms with Crippen LogP contribution >= 0.6 is 0 Å². The van der Waals surface area contributed by atoms with Gasteiger partial charge >= 0.3 is 0 Å². The fraction of sp³-hybridized carbons (Fsp3) is 0.0667. The molecule has 2 aromatic carbocycles. The van der Waals surface area contributed by atoms with Crippen LogP contribution in [0.3, 0.4) is 0 Å². The number of fused-ring (bicyclic) bond motifs is 1. The highest BCUT2D eigenvalue weighted by atomic mass is 16.5. The lowest BCUT2D eigenvalue weighted by Gasteiger charge is -2.22. The highest BCUT2D eigenvalue weighted by Crippen LogP contribution is 2.37. The van der Waals surface area contributed by atoms with Gasteiger partial charge in [0.15, 0.2) is 0 Å². The molecule has 2 aromatic rings. The first-order chi connectivity index (χ1) is 8.74. The van der Waals surface area contributed by atoms with E-state index >= 15 is 0 Å². The third kappa shape index (κ3) is 1.80. The number of benzene rings is 2. The molecule has 0 aliphatic carbocycles. The second-order valence-electron chi connectivity index (χ2n) is 4.18. The molecule has 90 valence electrons. The van der Waals surface area contributed by atoms with Crippen LogP contribution in [-0.4, -0.2) is 10.2 Å². The molecule has 1 unspecified atom stereocenters. The normalized spacial score (nSPS) is 17.0. The molecular formula is C15H12O3. The molecule has 18 heavy (non-hydrogen) atoms. The average molecular weight is 240 g/mol. The Morgan fingerprint density at radius 2 is 1.83 bits per heavy atom. The lowest BCUT2D eigenvalue weighted by atomic mass is 10.0. The van der Waals surface area contributed by atoms with Gasteiger partial charge in [0.05, 0.1) is 0 Å². The number of ether oxygens (including phenoxy) is 1. The number of para-hydroxylation sites is 1.